The molecule has 0 radical (unpaired) electrons. The van der Waals surface area contributed by atoms with Crippen molar-refractivity contribution in [2.24, 2.45) is 0 Å². The highest BCUT2D eigenvalue weighted by atomic mass is 32.2. The molecule has 1 aromatic rings. The number of ether oxygens (including phenoxy) is 1. The molecular weight excluding hydrogens is 735 g/mol. The van der Waals surface area contributed by atoms with Gasteiger partial charge in [-0.25, -0.2) is 4.79 Å². The van der Waals surface area contributed by atoms with Gasteiger partial charge in [0.05, 0.1) is 6.61 Å². The van der Waals surface area contributed by atoms with Gasteiger partial charge in [-0.1, -0.05) is 0 Å². The molecule has 2 amide bonds. The van der Waals surface area contributed by atoms with Gasteiger partial charge in [0.1, 0.15) is 24.1 Å². The molecule has 282 valence electrons. The van der Waals surface area contributed by atoms with Gasteiger partial charge >= 0.3 is 41.5 Å². The lowest BCUT2D eigenvalue weighted by Gasteiger charge is -2.39. The Morgan fingerprint density at radius 1 is 0.857 bits per heavy atom. The van der Waals surface area contributed by atoms with E-state index >= 15 is 0 Å². The first-order valence-electron chi connectivity index (χ1n) is 13.6. The Kier molecular flexibility index (Phi) is 13.4. The number of thioether (sulfide) groups is 1. The quantitative estimate of drug-likeness (QED) is 0.119. The first kappa shape index (κ1) is 42.3. The highest BCUT2D eigenvalue weighted by Crippen LogP contribution is 2.60. The van der Waals surface area contributed by atoms with Crippen LogP contribution in [0.4, 0.5) is 62.9 Å². The van der Waals surface area contributed by atoms with Crippen molar-refractivity contribution < 1.29 is 86.7 Å². The van der Waals surface area contributed by atoms with Gasteiger partial charge in [-0.15, -0.1) is 0 Å². The molecule has 25 heteroatoms. The number of hydrogen-bond acceptors (Lipinski definition) is 9. The van der Waals surface area contributed by atoms with Crippen molar-refractivity contribution in [2.75, 3.05) is 30.0 Å². The first-order chi connectivity index (χ1) is 22.3. The second-order valence-electron chi connectivity index (χ2n) is 10.3. The third-order valence-electron chi connectivity index (χ3n) is 6.82. The number of carbonyl (C=O) groups excluding carboxylic acids is 2. The normalized spacial score (nSPS) is 21.1. The minimum absolute atomic E-state index is 0.0160. The number of hydrogen-bond donors (Lipinski definition) is 5. The van der Waals surface area contributed by atoms with E-state index in [0.29, 0.717) is 0 Å². The third kappa shape index (κ3) is 8.89. The largest absolute Gasteiger partial charge is 0.460 e. The predicted octanol–water partition coefficient (Wildman–Crippen LogP) is 2.94. The zero-order chi connectivity index (χ0) is 37.8. The minimum atomic E-state index is -7.97. The fourth-order valence-corrected chi connectivity index (χ4v) is 4.92. The molecule has 0 aromatic carbocycles. The maximum Gasteiger partial charge on any atom is 0.460 e. The van der Waals surface area contributed by atoms with Crippen LogP contribution in [0, 0.1) is 0 Å². The van der Waals surface area contributed by atoms with Gasteiger partial charge in [0.2, 0.25) is 11.8 Å². The van der Waals surface area contributed by atoms with Gasteiger partial charge in [-0.3, -0.25) is 14.2 Å². The van der Waals surface area contributed by atoms with Crippen LogP contribution in [0.1, 0.15) is 31.9 Å². The number of anilines is 1. The molecule has 4 atom stereocenters. The van der Waals surface area contributed by atoms with Gasteiger partial charge in [0.25, 0.3) is 0 Å². The molecule has 11 nitrogen and oxygen atoms in total. The van der Waals surface area contributed by atoms with Crippen LogP contribution in [-0.2, 0) is 14.3 Å². The summed E-state index contributed by atoms with van der Waals surface area (Å²) in [7, 11) is 0. The molecule has 1 aliphatic heterocycles. The number of aliphatic hydroxyl groups is 3. The summed E-state index contributed by atoms with van der Waals surface area (Å²) in [4.78, 5) is 39.8. The van der Waals surface area contributed by atoms with Crippen molar-refractivity contribution in [1.82, 2.24) is 14.9 Å². The summed E-state index contributed by atoms with van der Waals surface area (Å²) >= 11 is 0.231. The van der Waals surface area contributed by atoms with Crippen LogP contribution in [0.3, 0.4) is 0 Å². The Morgan fingerprint density at radius 3 is 1.98 bits per heavy atom. The van der Waals surface area contributed by atoms with Crippen molar-refractivity contribution in [3.63, 3.8) is 0 Å². The molecule has 0 saturated carbocycles. The van der Waals surface area contributed by atoms with E-state index in [1.165, 1.54) is 0 Å². The summed E-state index contributed by atoms with van der Waals surface area (Å²) in [6.07, 6.45) is -15.2. The first-order valence-corrected chi connectivity index (χ1v) is 14.7. The van der Waals surface area contributed by atoms with E-state index in [1.807, 2.05) is 0 Å². The molecule has 1 aromatic heterocycles. The summed E-state index contributed by atoms with van der Waals surface area (Å²) in [6, 6.07) is 1.15. The highest BCUT2D eigenvalue weighted by Gasteiger charge is 2.90. The number of aliphatic hydroxyl groups excluding tert-OH is 3. The predicted molar refractivity (Wildman–Crippen MR) is 140 cm³/mol. The second-order valence-corrected chi connectivity index (χ2v) is 11.6. The maximum absolute atomic E-state index is 13.8. The standard InChI is InChI=1S/C24H27F13N4O7S/c25-19(26,20(27,28)21(29,30)22(31,32)23(33,34)24(35,36)37)5-9-49-8-4-13(43)38-6-1-2-14(44)39-12-3-7-41(18(47)40-12)17-16(46)15(45)11(10-42)48-17/h3,7,11,15-17,42,45-46H,1-2,4-6,8-10H2,(H,38,43)(H,39,40,44,47)/t11-,15-,16+,17-/m1/s1. The molecule has 0 spiro atoms. The topological polar surface area (TPSA) is 163 Å². The fraction of sp³-hybridized carbons (Fsp3) is 0.750. The SMILES string of the molecule is O=C(CCSCCC(F)(F)C(F)(F)C(F)(F)C(F)(F)C(F)(F)C(F)(F)F)NCCCC(=O)Nc1ccn([C@@H]2O[C@H](CO)[C@@H](O)[C@@H]2O)c(=O)n1. The summed E-state index contributed by atoms with van der Waals surface area (Å²) in [6.45, 7) is -0.807. The second kappa shape index (κ2) is 15.6. The van der Waals surface area contributed by atoms with Crippen molar-refractivity contribution >= 4 is 29.4 Å². The molecule has 1 aliphatic rings. The molecule has 5 N–H and O–H groups in total. The summed E-state index contributed by atoms with van der Waals surface area (Å²) in [5.41, 5.74) is -1.000. The van der Waals surface area contributed by atoms with E-state index < -0.39 is 109 Å². The smallest absolute Gasteiger partial charge is 0.394 e. The zero-order valence-corrected chi connectivity index (χ0v) is 25.1. The minimum Gasteiger partial charge on any atom is -0.394 e. The van der Waals surface area contributed by atoms with E-state index in [9.17, 15) is 81.7 Å². The number of alkyl halides is 13. The van der Waals surface area contributed by atoms with Gasteiger partial charge in [0, 0.05) is 37.8 Å². The van der Waals surface area contributed by atoms with E-state index in [2.05, 4.69) is 15.6 Å². The van der Waals surface area contributed by atoms with Gasteiger partial charge in [-0.05, 0) is 18.2 Å². The lowest BCUT2D eigenvalue weighted by Crippen LogP contribution is -2.70. The summed E-state index contributed by atoms with van der Waals surface area (Å²) < 4.78 is 177. The van der Waals surface area contributed by atoms with Crippen LogP contribution in [0.5, 0.6) is 0 Å². The molecule has 1 fully saturated rings. The van der Waals surface area contributed by atoms with Crippen LogP contribution in [-0.4, -0.2) is 115 Å². The Labute approximate surface area is 270 Å². The van der Waals surface area contributed by atoms with Crippen LogP contribution >= 0.6 is 11.8 Å². The monoisotopic (exact) mass is 762 g/mol. The molecule has 1 saturated heterocycles. The molecule has 2 rings (SSSR count). The van der Waals surface area contributed by atoms with Crippen LogP contribution < -0.4 is 16.3 Å². The number of carbonyl (C=O) groups is 2. The molecule has 0 bridgehead atoms. The van der Waals surface area contributed by atoms with E-state index in [4.69, 9.17) is 9.84 Å². The van der Waals surface area contributed by atoms with Gasteiger partial charge in [0.15, 0.2) is 6.23 Å². The van der Waals surface area contributed by atoms with Crippen molar-refractivity contribution in [3.05, 3.63) is 22.7 Å². The lowest BCUT2D eigenvalue weighted by molar-refractivity contribution is -0.439. The summed E-state index contributed by atoms with van der Waals surface area (Å²) in [5.74, 6) is -40.6. The number of rotatable bonds is 17. The molecule has 2 heterocycles. The average Bonchev–Trinajstić information content (AvgIpc) is 3.26. The molecule has 0 unspecified atom stereocenters. The number of nitrogens with zero attached hydrogens (tertiary/aromatic N) is 2. The van der Waals surface area contributed by atoms with Crippen LogP contribution in [0.2, 0.25) is 0 Å². The Hall–Kier alpha value is -2.90. The number of halogens is 13. The zero-order valence-electron chi connectivity index (χ0n) is 24.3. The van der Waals surface area contributed by atoms with Crippen LogP contribution in [0.15, 0.2) is 17.1 Å². The molecular formula is C24H27F13N4O7S. The van der Waals surface area contributed by atoms with E-state index in [0.717, 1.165) is 16.8 Å². The van der Waals surface area contributed by atoms with Crippen LogP contribution in [0.25, 0.3) is 0 Å². The van der Waals surface area contributed by atoms with E-state index in [1.54, 1.807) is 0 Å². The van der Waals surface area contributed by atoms with E-state index in [-0.39, 0.29) is 37.0 Å². The maximum atomic E-state index is 13.8. The average molecular weight is 763 g/mol. The molecule has 0 aliphatic carbocycles. The summed E-state index contributed by atoms with van der Waals surface area (Å²) in [5, 5.41) is 33.5. The number of nitrogens with one attached hydrogen (secondary N) is 2. The van der Waals surface area contributed by atoms with Crippen molar-refractivity contribution in [1.29, 1.82) is 0 Å². The third-order valence-corrected chi connectivity index (χ3v) is 7.81. The Bertz CT molecular complexity index is 1370. The Balaban J connectivity index is 1.75. The lowest BCUT2D eigenvalue weighted by atomic mass is 9.93. The highest BCUT2D eigenvalue weighted by molar-refractivity contribution is 7.99. The van der Waals surface area contributed by atoms with Gasteiger partial charge in [-0.2, -0.15) is 73.8 Å². The Morgan fingerprint density at radius 2 is 1.45 bits per heavy atom. The molecule has 49 heavy (non-hydrogen) atoms. The number of aromatic nitrogens is 2. The van der Waals surface area contributed by atoms with Gasteiger partial charge < -0.3 is 30.7 Å². The fourth-order valence-electron chi connectivity index (χ4n) is 3.98. The van der Waals surface area contributed by atoms with Crippen molar-refractivity contribution in [2.45, 2.75) is 86.0 Å². The number of amides is 2. The van der Waals surface area contributed by atoms with Crippen molar-refractivity contribution in [3.8, 4) is 0 Å².